The van der Waals surface area contributed by atoms with Crippen molar-refractivity contribution in [3.05, 3.63) is 62.6 Å². The van der Waals surface area contributed by atoms with Crippen LogP contribution in [0.1, 0.15) is 35.4 Å². The first-order valence-electron chi connectivity index (χ1n) is 9.52. The highest BCUT2D eigenvalue weighted by Gasteiger charge is 2.52. The fourth-order valence-corrected chi connectivity index (χ4v) is 10.7. The summed E-state index contributed by atoms with van der Waals surface area (Å²) in [6.07, 6.45) is 5.94. The smallest absolute Gasteiger partial charge is 0.0813 e. The summed E-state index contributed by atoms with van der Waals surface area (Å²) < 4.78 is 3.95. The Morgan fingerprint density at radius 1 is 1.15 bits per heavy atom. The van der Waals surface area contributed by atoms with Crippen LogP contribution in [0, 0.1) is 0 Å². The summed E-state index contributed by atoms with van der Waals surface area (Å²) in [5.41, 5.74) is 7.39. The molecular weight excluding hydrogens is 447 g/mol. The van der Waals surface area contributed by atoms with E-state index in [4.69, 9.17) is 0 Å². The number of H-pyrrole nitrogens is 1. The lowest BCUT2D eigenvalue weighted by molar-refractivity contribution is 0.508. The second-order valence-electron chi connectivity index (χ2n) is 8.91. The van der Waals surface area contributed by atoms with Crippen molar-refractivity contribution in [3.8, 4) is 0 Å². The van der Waals surface area contributed by atoms with Crippen LogP contribution < -0.4 is 0 Å². The van der Waals surface area contributed by atoms with Crippen LogP contribution in [0.2, 0.25) is 19.6 Å². The normalized spacial score (nSPS) is 22.3. The van der Waals surface area contributed by atoms with Gasteiger partial charge in [0, 0.05) is 39.1 Å². The third-order valence-electron chi connectivity index (χ3n) is 6.33. The first-order valence-corrected chi connectivity index (χ1v) is 14.1. The Morgan fingerprint density at radius 3 is 2.69 bits per heavy atom. The van der Waals surface area contributed by atoms with Crippen LogP contribution >= 0.6 is 22.6 Å². The summed E-state index contributed by atoms with van der Waals surface area (Å²) in [5.74, 6) is 0. The number of hydrogen-bond donors (Lipinski definition) is 1. The number of hydrogen-bond acceptors (Lipinski definition) is 0. The minimum Gasteiger partial charge on any atom is -0.357 e. The Kier molecular flexibility index (Phi) is 3.49. The second-order valence-corrected chi connectivity index (χ2v) is 15.0. The maximum absolute atomic E-state index is 3.87. The molecule has 4 heteroatoms. The predicted molar refractivity (Wildman–Crippen MR) is 122 cm³/mol. The number of halogens is 1. The van der Waals surface area contributed by atoms with E-state index in [0.29, 0.717) is 0 Å². The summed E-state index contributed by atoms with van der Waals surface area (Å²) >= 11 is 2.70. The molecule has 0 bridgehead atoms. The molecule has 2 nitrogen and oxygen atoms in total. The fraction of sp³-hybridized carbons (Fsp3) is 0.364. The highest BCUT2D eigenvalue weighted by Crippen LogP contribution is 2.60. The van der Waals surface area contributed by atoms with Gasteiger partial charge in [-0.05, 0) is 70.3 Å². The molecule has 1 N–H and O–H groups in total. The van der Waals surface area contributed by atoms with Gasteiger partial charge in [0.05, 0.1) is 13.5 Å². The molecule has 1 atom stereocenters. The number of nitrogens with one attached hydrogen (secondary N) is 1. The Morgan fingerprint density at radius 2 is 1.92 bits per heavy atom. The van der Waals surface area contributed by atoms with Gasteiger partial charge in [0.15, 0.2) is 0 Å². The summed E-state index contributed by atoms with van der Waals surface area (Å²) in [6.45, 7) is 7.48. The third-order valence-corrected chi connectivity index (χ3v) is 10.3. The maximum Gasteiger partial charge on any atom is 0.0813 e. The van der Waals surface area contributed by atoms with Gasteiger partial charge in [0.2, 0.25) is 0 Å². The van der Waals surface area contributed by atoms with Gasteiger partial charge in [-0.15, -0.1) is 0 Å². The number of fused-ring (bicyclic) bond motifs is 6. The van der Waals surface area contributed by atoms with Crippen LogP contribution in [0.15, 0.2) is 40.1 Å². The van der Waals surface area contributed by atoms with E-state index in [-0.39, 0.29) is 5.41 Å². The van der Waals surface area contributed by atoms with E-state index in [2.05, 4.69) is 95.4 Å². The van der Waals surface area contributed by atoms with E-state index >= 15 is 0 Å². The predicted octanol–water partition coefficient (Wildman–Crippen LogP) is 6.17. The van der Waals surface area contributed by atoms with Gasteiger partial charge in [0.25, 0.3) is 0 Å². The van der Waals surface area contributed by atoms with Crippen LogP contribution in [-0.2, 0) is 18.9 Å². The third kappa shape index (κ3) is 1.97. The Labute approximate surface area is 169 Å². The molecule has 1 spiro atoms. The molecule has 3 aromatic rings. The summed E-state index contributed by atoms with van der Waals surface area (Å²) in [6, 6.07) is 11.2. The van der Waals surface area contributed by atoms with Crippen LogP contribution in [0.3, 0.4) is 0 Å². The highest BCUT2D eigenvalue weighted by molar-refractivity contribution is 14.1. The van der Waals surface area contributed by atoms with E-state index in [9.17, 15) is 0 Å². The first kappa shape index (κ1) is 16.9. The van der Waals surface area contributed by atoms with Crippen molar-refractivity contribution in [1.29, 1.82) is 0 Å². The molecule has 2 aliphatic rings. The Hall–Kier alpha value is -1.27. The molecule has 0 unspecified atom stereocenters. The lowest BCUT2D eigenvalue weighted by Gasteiger charge is -2.35. The average Bonchev–Trinajstić information content (AvgIpc) is 3.22. The number of benzene rings is 1. The topological polar surface area (TPSA) is 20.7 Å². The molecule has 0 aliphatic heterocycles. The monoisotopic (exact) mass is 472 g/mol. The molecule has 0 fully saturated rings. The largest absolute Gasteiger partial charge is 0.357 e. The van der Waals surface area contributed by atoms with Gasteiger partial charge in [-0.1, -0.05) is 37.8 Å². The van der Waals surface area contributed by atoms with E-state index in [1.807, 2.05) is 0 Å². The maximum atomic E-state index is 3.87. The lowest BCUT2D eigenvalue weighted by Crippen LogP contribution is -2.31. The average molecular weight is 472 g/mol. The molecule has 1 aromatic carbocycles. The van der Waals surface area contributed by atoms with E-state index in [1.54, 1.807) is 14.3 Å². The zero-order chi connectivity index (χ0) is 18.3. The molecular formula is C22H25IN2Si. The van der Waals surface area contributed by atoms with Gasteiger partial charge in [-0.25, -0.2) is 0 Å². The molecule has 0 saturated carbocycles. The van der Waals surface area contributed by atoms with Gasteiger partial charge >= 0.3 is 0 Å². The number of allylic oxidation sites excluding steroid dienone is 1. The van der Waals surface area contributed by atoms with Gasteiger partial charge in [0.1, 0.15) is 0 Å². The zero-order valence-electron chi connectivity index (χ0n) is 15.9. The first-order chi connectivity index (χ1) is 12.4. The number of aromatic amines is 1. The molecule has 5 rings (SSSR count). The summed E-state index contributed by atoms with van der Waals surface area (Å²) in [5, 5.41) is 3.08. The SMILES string of the molecule is Cn1ccc2c1C([Si](C)(C)C)=C(I)[C@]21CCCc2c1[nH]c1ccccc21. The molecule has 26 heavy (non-hydrogen) atoms. The van der Waals surface area contributed by atoms with Gasteiger partial charge < -0.3 is 9.55 Å². The highest BCUT2D eigenvalue weighted by atomic mass is 127. The number of aryl methyl sites for hydroxylation is 2. The Balaban J connectivity index is 1.90. The fourth-order valence-electron chi connectivity index (χ4n) is 5.27. The van der Waals surface area contributed by atoms with Gasteiger partial charge in [-0.3, -0.25) is 0 Å². The molecule has 2 aliphatic carbocycles. The second kappa shape index (κ2) is 5.38. The van der Waals surface area contributed by atoms with Gasteiger partial charge in [-0.2, -0.15) is 0 Å². The van der Waals surface area contributed by atoms with Crippen LogP contribution in [-0.4, -0.2) is 17.6 Å². The summed E-state index contributed by atoms with van der Waals surface area (Å²) in [4.78, 5) is 3.87. The lowest BCUT2D eigenvalue weighted by atomic mass is 9.71. The number of rotatable bonds is 1. The Bertz CT molecular complexity index is 1080. The van der Waals surface area contributed by atoms with E-state index in [0.717, 1.165) is 0 Å². The number of nitrogens with zero attached hydrogens (tertiary/aromatic N) is 1. The van der Waals surface area contributed by atoms with Crippen molar-refractivity contribution in [2.24, 2.45) is 7.05 Å². The van der Waals surface area contributed by atoms with Crippen molar-refractivity contribution < 1.29 is 0 Å². The number of aromatic nitrogens is 2. The minimum absolute atomic E-state index is 0.0410. The van der Waals surface area contributed by atoms with Crippen molar-refractivity contribution in [3.63, 3.8) is 0 Å². The van der Waals surface area contributed by atoms with E-state index in [1.165, 1.54) is 47.1 Å². The van der Waals surface area contributed by atoms with Crippen LogP contribution in [0.4, 0.5) is 0 Å². The van der Waals surface area contributed by atoms with Crippen molar-refractivity contribution in [1.82, 2.24) is 9.55 Å². The van der Waals surface area contributed by atoms with Crippen LogP contribution in [0.5, 0.6) is 0 Å². The molecule has 0 amide bonds. The standard InChI is InChI=1S/C22H25IN2Si/c1-25-13-11-16-18(25)19(26(2,3)4)20(23)22(16)12-7-9-15-14-8-5-6-10-17(14)24-21(15)22/h5-6,8,10-11,13,24H,7,9,12H2,1-4H3/t22-/m0/s1. The minimum atomic E-state index is -1.47. The van der Waals surface area contributed by atoms with Crippen molar-refractivity contribution >= 4 is 46.8 Å². The molecule has 0 radical (unpaired) electrons. The van der Waals surface area contributed by atoms with Crippen molar-refractivity contribution in [2.75, 3.05) is 0 Å². The zero-order valence-corrected chi connectivity index (χ0v) is 19.1. The van der Waals surface area contributed by atoms with Crippen LogP contribution in [0.25, 0.3) is 16.1 Å². The summed E-state index contributed by atoms with van der Waals surface area (Å²) in [7, 11) is 0.753. The molecule has 134 valence electrons. The molecule has 0 saturated heterocycles. The quantitative estimate of drug-likeness (QED) is 0.323. The molecule has 2 heterocycles. The van der Waals surface area contributed by atoms with E-state index < -0.39 is 8.07 Å². The number of para-hydroxylation sites is 1. The van der Waals surface area contributed by atoms with Crippen molar-refractivity contribution in [2.45, 2.75) is 44.3 Å². The molecule has 2 aromatic heterocycles.